The first-order chi connectivity index (χ1) is 12.7. The van der Waals surface area contributed by atoms with Crippen LogP contribution < -0.4 is 0 Å². The lowest BCUT2D eigenvalue weighted by Gasteiger charge is -2.56. The van der Waals surface area contributed by atoms with Gasteiger partial charge < -0.3 is 5.11 Å². The molecule has 5 atom stereocenters. The highest BCUT2D eigenvalue weighted by molar-refractivity contribution is 5.86. The topological polar surface area (TPSA) is 37.3 Å². The van der Waals surface area contributed by atoms with Gasteiger partial charge in [0.1, 0.15) is 0 Å². The molecule has 0 aliphatic heterocycles. The van der Waals surface area contributed by atoms with Gasteiger partial charge in [0.2, 0.25) is 0 Å². The zero-order valence-corrected chi connectivity index (χ0v) is 17.8. The van der Waals surface area contributed by atoms with E-state index in [1.807, 2.05) is 0 Å². The van der Waals surface area contributed by atoms with Crippen molar-refractivity contribution in [1.82, 2.24) is 0 Å². The number of carboxylic acids is 1. The molecule has 0 bridgehead atoms. The van der Waals surface area contributed by atoms with Crippen molar-refractivity contribution in [2.24, 2.45) is 28.6 Å². The molecule has 2 fully saturated rings. The highest BCUT2D eigenvalue weighted by Gasteiger charge is 2.62. The maximum absolute atomic E-state index is 11.6. The molecule has 27 heavy (non-hydrogen) atoms. The second kappa shape index (κ2) is 7.60. The minimum Gasteiger partial charge on any atom is -0.478 e. The number of allylic oxidation sites excluding steroid dienone is 4. The van der Waals surface area contributed by atoms with Crippen molar-refractivity contribution in [1.29, 1.82) is 0 Å². The monoisotopic (exact) mass is 370 g/mol. The molecule has 0 aromatic heterocycles. The Morgan fingerprint density at radius 2 is 2.07 bits per heavy atom. The van der Waals surface area contributed by atoms with E-state index < -0.39 is 5.97 Å². The highest BCUT2D eigenvalue weighted by Crippen LogP contribution is 2.71. The zero-order chi connectivity index (χ0) is 19.8. The molecule has 150 valence electrons. The van der Waals surface area contributed by atoms with Gasteiger partial charge in [-0.25, -0.2) is 4.79 Å². The molecule has 2 nitrogen and oxygen atoms in total. The van der Waals surface area contributed by atoms with Crippen LogP contribution in [0, 0.1) is 28.6 Å². The molecule has 0 heterocycles. The van der Waals surface area contributed by atoms with Crippen LogP contribution >= 0.6 is 0 Å². The number of carbonyl (C=O) groups is 1. The molecule has 3 aliphatic carbocycles. The SMILES string of the molecule is C=C1CC[C@]2(C)[C@@H]([C@@H](C)CCC=C(C)C)CC[C@@]23CC=C(C(=O)O)CC[C@H]13. The van der Waals surface area contributed by atoms with Crippen molar-refractivity contribution in [3.8, 4) is 0 Å². The molecular formula is C25H38O2. The lowest BCUT2D eigenvalue weighted by Crippen LogP contribution is -2.48. The smallest absolute Gasteiger partial charge is 0.331 e. The predicted octanol–water partition coefficient (Wildman–Crippen LogP) is 6.93. The summed E-state index contributed by atoms with van der Waals surface area (Å²) in [6.45, 7) is 13.8. The van der Waals surface area contributed by atoms with Gasteiger partial charge in [-0.15, -0.1) is 0 Å². The fourth-order valence-electron chi connectivity index (χ4n) is 6.99. The Morgan fingerprint density at radius 3 is 2.74 bits per heavy atom. The van der Waals surface area contributed by atoms with Crippen molar-refractivity contribution in [2.75, 3.05) is 0 Å². The van der Waals surface area contributed by atoms with Crippen LogP contribution in [0.5, 0.6) is 0 Å². The van der Waals surface area contributed by atoms with Gasteiger partial charge in [0.05, 0.1) is 0 Å². The third kappa shape index (κ3) is 3.45. The Morgan fingerprint density at radius 1 is 1.33 bits per heavy atom. The van der Waals surface area contributed by atoms with Gasteiger partial charge >= 0.3 is 5.97 Å². The number of hydrogen-bond acceptors (Lipinski definition) is 1. The Balaban J connectivity index is 1.89. The standard InChI is InChI=1S/C25H38O2/c1-17(2)7-6-8-18(3)21-13-16-25-15-12-20(23(26)27)9-10-22(25)19(4)11-14-24(21,25)5/h7,12,18,21-22H,4,6,8-11,13-16H2,1-3,5H3,(H,26,27)/t18-,21+,22+,24+,25+/m0/s1. The summed E-state index contributed by atoms with van der Waals surface area (Å²) < 4.78 is 0. The summed E-state index contributed by atoms with van der Waals surface area (Å²) in [6, 6.07) is 0. The van der Waals surface area contributed by atoms with Crippen molar-refractivity contribution < 1.29 is 9.90 Å². The van der Waals surface area contributed by atoms with Crippen LogP contribution in [0.15, 0.2) is 35.5 Å². The first-order valence-corrected chi connectivity index (χ1v) is 10.9. The van der Waals surface area contributed by atoms with Crippen LogP contribution in [0.4, 0.5) is 0 Å². The number of aliphatic carboxylic acids is 1. The minimum atomic E-state index is -0.720. The molecule has 3 rings (SSSR count). The van der Waals surface area contributed by atoms with Gasteiger partial charge in [0, 0.05) is 5.57 Å². The Bertz CT molecular complexity index is 666. The van der Waals surface area contributed by atoms with Gasteiger partial charge in [-0.3, -0.25) is 0 Å². The molecule has 0 amide bonds. The molecule has 1 N–H and O–H groups in total. The van der Waals surface area contributed by atoms with Crippen molar-refractivity contribution in [3.63, 3.8) is 0 Å². The third-order valence-corrected chi connectivity index (χ3v) is 8.53. The highest BCUT2D eigenvalue weighted by atomic mass is 16.4. The van der Waals surface area contributed by atoms with Crippen molar-refractivity contribution in [3.05, 3.63) is 35.5 Å². The summed E-state index contributed by atoms with van der Waals surface area (Å²) in [5.74, 6) is 1.25. The minimum absolute atomic E-state index is 0.231. The van der Waals surface area contributed by atoms with Gasteiger partial charge in [0.25, 0.3) is 0 Å². The van der Waals surface area contributed by atoms with Crippen LogP contribution in [0.1, 0.15) is 85.5 Å². The summed E-state index contributed by atoms with van der Waals surface area (Å²) in [5, 5.41) is 9.55. The van der Waals surface area contributed by atoms with Gasteiger partial charge in [-0.05, 0) is 100 Å². The van der Waals surface area contributed by atoms with Gasteiger partial charge in [-0.1, -0.05) is 43.7 Å². The summed E-state index contributed by atoms with van der Waals surface area (Å²) in [4.78, 5) is 11.6. The Kier molecular flexibility index (Phi) is 5.75. The van der Waals surface area contributed by atoms with E-state index in [1.54, 1.807) is 0 Å². The predicted molar refractivity (Wildman–Crippen MR) is 113 cm³/mol. The summed E-state index contributed by atoms with van der Waals surface area (Å²) in [7, 11) is 0. The maximum Gasteiger partial charge on any atom is 0.331 e. The molecule has 1 spiro atoms. The fourth-order valence-corrected chi connectivity index (χ4v) is 6.99. The summed E-state index contributed by atoms with van der Waals surface area (Å²) in [6.07, 6.45) is 14.4. The molecule has 0 aromatic carbocycles. The van der Waals surface area contributed by atoms with Crippen LogP contribution in [-0.4, -0.2) is 11.1 Å². The summed E-state index contributed by atoms with van der Waals surface area (Å²) >= 11 is 0. The molecule has 0 unspecified atom stereocenters. The lowest BCUT2D eigenvalue weighted by atomic mass is 9.48. The van der Waals surface area contributed by atoms with Crippen LogP contribution in [0.25, 0.3) is 0 Å². The number of carboxylic acid groups (broad SMARTS) is 1. The lowest BCUT2D eigenvalue weighted by molar-refractivity contribution is -0.132. The average molecular weight is 371 g/mol. The van der Waals surface area contributed by atoms with E-state index >= 15 is 0 Å². The van der Waals surface area contributed by atoms with E-state index in [1.165, 1.54) is 43.3 Å². The first kappa shape index (κ1) is 20.4. The quantitative estimate of drug-likeness (QED) is 0.533. The molecule has 2 heteroatoms. The molecule has 0 aromatic rings. The Labute approximate surface area is 165 Å². The normalized spacial score (nSPS) is 36.9. The zero-order valence-electron chi connectivity index (χ0n) is 17.8. The summed E-state index contributed by atoms with van der Waals surface area (Å²) in [5.41, 5.74) is 3.99. The van der Waals surface area contributed by atoms with E-state index in [9.17, 15) is 9.90 Å². The molecule has 0 saturated heterocycles. The van der Waals surface area contributed by atoms with E-state index in [4.69, 9.17) is 0 Å². The molecule has 3 aliphatic rings. The Hall–Kier alpha value is -1.31. The fraction of sp³-hybridized carbons (Fsp3) is 0.720. The molecule has 0 radical (unpaired) electrons. The maximum atomic E-state index is 11.6. The van der Waals surface area contributed by atoms with Crippen LogP contribution in [0.2, 0.25) is 0 Å². The van der Waals surface area contributed by atoms with E-state index in [0.29, 0.717) is 23.3 Å². The second-order valence-electron chi connectivity index (χ2n) is 10.0. The number of hydrogen-bond donors (Lipinski definition) is 1. The van der Waals surface area contributed by atoms with Crippen molar-refractivity contribution >= 4 is 5.97 Å². The average Bonchev–Trinajstić information content (AvgIpc) is 2.76. The van der Waals surface area contributed by atoms with Crippen LogP contribution in [0.3, 0.4) is 0 Å². The molecular weight excluding hydrogens is 332 g/mol. The second-order valence-corrected chi connectivity index (χ2v) is 10.0. The first-order valence-electron chi connectivity index (χ1n) is 10.9. The molecule has 2 saturated carbocycles. The van der Waals surface area contributed by atoms with E-state index in [0.717, 1.165) is 31.1 Å². The van der Waals surface area contributed by atoms with Crippen molar-refractivity contribution in [2.45, 2.75) is 85.5 Å². The van der Waals surface area contributed by atoms with Gasteiger partial charge in [0.15, 0.2) is 0 Å². The third-order valence-electron chi connectivity index (χ3n) is 8.53. The number of rotatable bonds is 5. The van der Waals surface area contributed by atoms with Gasteiger partial charge in [-0.2, -0.15) is 0 Å². The van der Waals surface area contributed by atoms with Crippen LogP contribution in [-0.2, 0) is 4.79 Å². The largest absolute Gasteiger partial charge is 0.478 e. The van der Waals surface area contributed by atoms with E-state index in [-0.39, 0.29) is 5.41 Å². The van der Waals surface area contributed by atoms with E-state index in [2.05, 4.69) is 46.4 Å².